The monoisotopic (exact) mass is 247 g/mol. The molecule has 1 unspecified atom stereocenters. The van der Waals surface area contributed by atoms with Crippen LogP contribution in [0.4, 0.5) is 0 Å². The number of hydrogen-bond acceptors (Lipinski definition) is 0. The first-order valence-corrected chi connectivity index (χ1v) is 8.58. The SMILES string of the molecule is CC[C]1CCCC1(C1CCCC1)C1(C)CCCC1. The van der Waals surface area contributed by atoms with Crippen LogP contribution in [0.5, 0.6) is 0 Å². The highest BCUT2D eigenvalue weighted by Gasteiger charge is 2.58. The molecule has 0 nitrogen and oxygen atoms in total. The van der Waals surface area contributed by atoms with Crippen molar-refractivity contribution < 1.29 is 0 Å². The van der Waals surface area contributed by atoms with Crippen LogP contribution >= 0.6 is 0 Å². The normalized spacial score (nSPS) is 37.7. The van der Waals surface area contributed by atoms with Crippen LogP contribution < -0.4 is 0 Å². The lowest BCUT2D eigenvalue weighted by molar-refractivity contribution is 0.0140. The van der Waals surface area contributed by atoms with E-state index < -0.39 is 0 Å². The van der Waals surface area contributed by atoms with Gasteiger partial charge in [-0.05, 0) is 67.6 Å². The quantitative estimate of drug-likeness (QED) is 0.581. The summed E-state index contributed by atoms with van der Waals surface area (Å²) in [5.74, 6) is 3.04. The molecule has 0 heterocycles. The van der Waals surface area contributed by atoms with Gasteiger partial charge in [0.1, 0.15) is 0 Å². The zero-order chi connectivity index (χ0) is 12.6. The Kier molecular flexibility index (Phi) is 3.49. The van der Waals surface area contributed by atoms with Gasteiger partial charge in [-0.3, -0.25) is 0 Å². The van der Waals surface area contributed by atoms with Crippen molar-refractivity contribution in [3.8, 4) is 0 Å². The second kappa shape index (κ2) is 4.84. The fourth-order valence-electron chi connectivity index (χ4n) is 6.21. The fourth-order valence-corrected chi connectivity index (χ4v) is 6.21. The van der Waals surface area contributed by atoms with Gasteiger partial charge in [-0.2, -0.15) is 0 Å². The highest BCUT2D eigenvalue weighted by Crippen LogP contribution is 2.68. The maximum Gasteiger partial charge on any atom is -0.0153 e. The van der Waals surface area contributed by atoms with Gasteiger partial charge in [0.25, 0.3) is 0 Å². The molecule has 0 saturated heterocycles. The summed E-state index contributed by atoms with van der Waals surface area (Å²) in [6, 6.07) is 0. The van der Waals surface area contributed by atoms with Crippen LogP contribution in [0, 0.1) is 22.7 Å². The van der Waals surface area contributed by atoms with E-state index >= 15 is 0 Å². The van der Waals surface area contributed by atoms with Gasteiger partial charge in [-0.1, -0.05) is 46.0 Å². The molecule has 3 aliphatic rings. The van der Waals surface area contributed by atoms with Gasteiger partial charge in [-0.15, -0.1) is 0 Å². The molecule has 0 aromatic heterocycles. The lowest BCUT2D eigenvalue weighted by atomic mass is 9.51. The minimum atomic E-state index is 0.670. The van der Waals surface area contributed by atoms with Gasteiger partial charge < -0.3 is 0 Å². The minimum absolute atomic E-state index is 0.670. The molecule has 0 aromatic carbocycles. The van der Waals surface area contributed by atoms with Crippen LogP contribution in [0.3, 0.4) is 0 Å². The van der Waals surface area contributed by atoms with Crippen LogP contribution in [0.1, 0.15) is 90.9 Å². The third-order valence-corrected chi connectivity index (χ3v) is 6.94. The molecule has 0 aliphatic heterocycles. The zero-order valence-electron chi connectivity index (χ0n) is 12.6. The molecule has 0 N–H and O–H groups in total. The number of rotatable bonds is 3. The average Bonchev–Trinajstić information content (AvgIpc) is 3.09. The summed E-state index contributed by atoms with van der Waals surface area (Å²) in [5, 5.41) is 0. The second-order valence-corrected chi connectivity index (χ2v) is 7.53. The third-order valence-electron chi connectivity index (χ3n) is 6.94. The maximum atomic E-state index is 2.67. The first-order chi connectivity index (χ1) is 8.73. The molecule has 0 spiro atoms. The van der Waals surface area contributed by atoms with Crippen molar-refractivity contribution in [2.24, 2.45) is 16.7 Å². The summed E-state index contributed by atoms with van der Waals surface area (Å²) in [5.41, 5.74) is 1.35. The van der Waals surface area contributed by atoms with Gasteiger partial charge in [0.15, 0.2) is 0 Å². The summed E-state index contributed by atoms with van der Waals surface area (Å²) < 4.78 is 0. The molecule has 3 aliphatic carbocycles. The van der Waals surface area contributed by atoms with Gasteiger partial charge in [0, 0.05) is 0 Å². The molecule has 103 valence electrons. The first kappa shape index (κ1) is 13.0. The zero-order valence-corrected chi connectivity index (χ0v) is 12.6. The van der Waals surface area contributed by atoms with Gasteiger partial charge in [-0.25, -0.2) is 0 Å². The summed E-state index contributed by atoms with van der Waals surface area (Å²) in [6.45, 7) is 5.10. The Bertz CT molecular complexity index is 280. The highest BCUT2D eigenvalue weighted by molar-refractivity contribution is 5.20. The van der Waals surface area contributed by atoms with Gasteiger partial charge in [0.05, 0.1) is 0 Å². The van der Waals surface area contributed by atoms with Crippen LogP contribution in [0.2, 0.25) is 0 Å². The Morgan fingerprint density at radius 1 is 0.944 bits per heavy atom. The third kappa shape index (κ3) is 1.70. The van der Waals surface area contributed by atoms with E-state index in [4.69, 9.17) is 0 Å². The van der Waals surface area contributed by atoms with Crippen molar-refractivity contribution in [1.82, 2.24) is 0 Å². The van der Waals surface area contributed by atoms with E-state index in [2.05, 4.69) is 13.8 Å². The van der Waals surface area contributed by atoms with Gasteiger partial charge in [0.2, 0.25) is 0 Å². The van der Waals surface area contributed by atoms with E-state index in [1.54, 1.807) is 12.8 Å². The Morgan fingerprint density at radius 3 is 2.22 bits per heavy atom. The fraction of sp³-hybridized carbons (Fsp3) is 0.944. The van der Waals surface area contributed by atoms with Crippen LogP contribution in [-0.4, -0.2) is 0 Å². The molecule has 0 amide bonds. The predicted molar refractivity (Wildman–Crippen MR) is 78.4 cm³/mol. The van der Waals surface area contributed by atoms with E-state index in [1.165, 1.54) is 64.2 Å². The highest BCUT2D eigenvalue weighted by atomic mass is 14.6. The molecule has 3 saturated carbocycles. The molecule has 0 bridgehead atoms. The standard InChI is InChI=1S/C18H31/c1-3-15-11-8-14-18(15,16-9-4-5-10-16)17(2)12-6-7-13-17/h16H,3-14H2,1-2H3. The van der Waals surface area contributed by atoms with E-state index in [-0.39, 0.29) is 0 Å². The lowest BCUT2D eigenvalue weighted by Gasteiger charge is -2.53. The lowest BCUT2D eigenvalue weighted by Crippen LogP contribution is -2.45. The number of hydrogen-bond donors (Lipinski definition) is 0. The van der Waals surface area contributed by atoms with Crippen molar-refractivity contribution in [3.63, 3.8) is 0 Å². The summed E-state index contributed by atoms with van der Waals surface area (Å²) in [7, 11) is 0. The Labute approximate surface area is 114 Å². The van der Waals surface area contributed by atoms with Crippen LogP contribution in [0.25, 0.3) is 0 Å². The molecular formula is C18H31. The van der Waals surface area contributed by atoms with E-state index in [1.807, 2.05) is 5.92 Å². The van der Waals surface area contributed by atoms with Crippen LogP contribution in [-0.2, 0) is 0 Å². The van der Waals surface area contributed by atoms with E-state index in [0.29, 0.717) is 10.8 Å². The molecule has 18 heavy (non-hydrogen) atoms. The molecule has 3 fully saturated rings. The van der Waals surface area contributed by atoms with Crippen molar-refractivity contribution in [2.75, 3.05) is 0 Å². The van der Waals surface area contributed by atoms with Crippen molar-refractivity contribution in [1.29, 1.82) is 0 Å². The van der Waals surface area contributed by atoms with E-state index in [9.17, 15) is 0 Å². The largest absolute Gasteiger partial charge is 0.0648 e. The Balaban J connectivity index is 1.96. The predicted octanol–water partition coefficient (Wildman–Crippen LogP) is 5.91. The van der Waals surface area contributed by atoms with Gasteiger partial charge >= 0.3 is 0 Å². The summed E-state index contributed by atoms with van der Waals surface area (Å²) in [4.78, 5) is 0. The van der Waals surface area contributed by atoms with E-state index in [0.717, 1.165) is 5.92 Å². The molecule has 0 aromatic rings. The van der Waals surface area contributed by atoms with Crippen molar-refractivity contribution in [2.45, 2.75) is 90.9 Å². The molecule has 0 heteroatoms. The topological polar surface area (TPSA) is 0 Å². The molecule has 1 radical (unpaired) electrons. The molecule has 3 rings (SSSR count). The Hall–Kier alpha value is 0. The smallest absolute Gasteiger partial charge is 0.0153 e. The minimum Gasteiger partial charge on any atom is -0.0648 e. The molecular weight excluding hydrogens is 216 g/mol. The van der Waals surface area contributed by atoms with Crippen molar-refractivity contribution in [3.05, 3.63) is 5.92 Å². The second-order valence-electron chi connectivity index (χ2n) is 7.53. The molecule has 1 atom stereocenters. The van der Waals surface area contributed by atoms with Crippen LogP contribution in [0.15, 0.2) is 0 Å². The average molecular weight is 247 g/mol. The Morgan fingerprint density at radius 2 is 1.61 bits per heavy atom. The first-order valence-electron chi connectivity index (χ1n) is 8.58. The maximum absolute atomic E-state index is 2.67. The van der Waals surface area contributed by atoms with Crippen molar-refractivity contribution >= 4 is 0 Å². The summed E-state index contributed by atoms with van der Waals surface area (Å²) in [6.07, 6.45) is 18.0. The summed E-state index contributed by atoms with van der Waals surface area (Å²) >= 11 is 0.